The third-order valence-electron chi connectivity index (χ3n) is 2.79. The molecule has 2 rings (SSSR count). The van der Waals surface area contributed by atoms with Gasteiger partial charge in [0.1, 0.15) is 0 Å². The maximum absolute atomic E-state index is 3.71. The molecule has 0 amide bonds. The number of hydrogen-bond acceptors (Lipinski definition) is 1. The molecule has 1 saturated carbocycles. The first-order chi connectivity index (χ1) is 6.90. The average Bonchev–Trinajstić information content (AvgIpc) is 3.03. The second-order valence-corrected chi connectivity index (χ2v) is 4.19. The van der Waals surface area contributed by atoms with E-state index in [0.29, 0.717) is 6.04 Å². The van der Waals surface area contributed by atoms with Crippen LogP contribution in [-0.2, 0) is 0 Å². The van der Waals surface area contributed by atoms with Crippen LogP contribution < -0.4 is 5.32 Å². The molecule has 1 heteroatoms. The molecule has 76 valence electrons. The highest BCUT2D eigenvalue weighted by atomic mass is 15.0. The Hall–Kier alpha value is -0.820. The Morgan fingerprint density at radius 1 is 1.29 bits per heavy atom. The van der Waals surface area contributed by atoms with E-state index in [0.717, 1.165) is 6.04 Å². The molecule has 0 heterocycles. The van der Waals surface area contributed by atoms with Gasteiger partial charge in [-0.25, -0.2) is 0 Å². The molecule has 1 aromatic carbocycles. The van der Waals surface area contributed by atoms with Crippen molar-refractivity contribution in [3.8, 4) is 0 Å². The molecule has 1 N–H and O–H groups in total. The Morgan fingerprint density at radius 2 is 2.00 bits per heavy atom. The summed E-state index contributed by atoms with van der Waals surface area (Å²) in [5.41, 5.74) is 1.45. The van der Waals surface area contributed by atoms with Gasteiger partial charge in [0.25, 0.3) is 0 Å². The Kier molecular flexibility index (Phi) is 3.20. The van der Waals surface area contributed by atoms with Gasteiger partial charge in [-0.1, -0.05) is 43.7 Å². The Bertz CT molecular complexity index is 264. The fourth-order valence-corrected chi connectivity index (χ4v) is 1.85. The van der Waals surface area contributed by atoms with Crippen LogP contribution in [0.25, 0.3) is 0 Å². The van der Waals surface area contributed by atoms with Crippen LogP contribution in [0, 0.1) is 0 Å². The molecule has 0 spiro atoms. The van der Waals surface area contributed by atoms with E-state index in [1.807, 2.05) is 0 Å². The van der Waals surface area contributed by atoms with Gasteiger partial charge in [-0.15, -0.1) is 0 Å². The summed E-state index contributed by atoms with van der Waals surface area (Å²) < 4.78 is 0. The zero-order chi connectivity index (χ0) is 9.80. The first-order valence-electron chi connectivity index (χ1n) is 5.71. The lowest BCUT2D eigenvalue weighted by Crippen LogP contribution is -2.23. The van der Waals surface area contributed by atoms with Crippen LogP contribution in [0.2, 0.25) is 0 Å². The van der Waals surface area contributed by atoms with Crippen molar-refractivity contribution in [2.24, 2.45) is 0 Å². The van der Waals surface area contributed by atoms with Crippen molar-refractivity contribution < 1.29 is 0 Å². The fourth-order valence-electron chi connectivity index (χ4n) is 1.85. The normalized spacial score (nSPS) is 18.1. The van der Waals surface area contributed by atoms with E-state index >= 15 is 0 Å². The minimum atomic E-state index is 0.577. The van der Waals surface area contributed by atoms with E-state index in [2.05, 4.69) is 42.6 Å². The Labute approximate surface area is 86.5 Å². The van der Waals surface area contributed by atoms with Crippen molar-refractivity contribution in [1.82, 2.24) is 5.32 Å². The first-order valence-corrected chi connectivity index (χ1v) is 5.71. The van der Waals surface area contributed by atoms with Crippen molar-refractivity contribution in [2.45, 2.75) is 44.7 Å². The third kappa shape index (κ3) is 2.58. The van der Waals surface area contributed by atoms with Crippen LogP contribution in [0.4, 0.5) is 0 Å². The predicted octanol–water partition coefficient (Wildman–Crippen LogP) is 3.28. The SMILES string of the molecule is CCC[C@@H](NC1CC1)c1ccccc1. The Balaban J connectivity index is 2.01. The zero-order valence-corrected chi connectivity index (χ0v) is 8.87. The average molecular weight is 189 g/mol. The fraction of sp³-hybridized carbons (Fsp3) is 0.538. The molecule has 0 unspecified atom stereocenters. The topological polar surface area (TPSA) is 12.0 Å². The molecular weight excluding hydrogens is 170 g/mol. The Morgan fingerprint density at radius 3 is 2.57 bits per heavy atom. The molecule has 0 radical (unpaired) electrons. The monoisotopic (exact) mass is 189 g/mol. The summed E-state index contributed by atoms with van der Waals surface area (Å²) >= 11 is 0. The van der Waals surface area contributed by atoms with Gasteiger partial charge in [-0.3, -0.25) is 0 Å². The minimum absolute atomic E-state index is 0.577. The van der Waals surface area contributed by atoms with E-state index in [1.165, 1.54) is 31.2 Å². The molecule has 1 aliphatic rings. The van der Waals surface area contributed by atoms with Crippen LogP contribution in [-0.4, -0.2) is 6.04 Å². The molecule has 14 heavy (non-hydrogen) atoms. The van der Waals surface area contributed by atoms with Crippen LogP contribution in [0.3, 0.4) is 0 Å². The van der Waals surface area contributed by atoms with Gasteiger partial charge in [-0.05, 0) is 24.8 Å². The van der Waals surface area contributed by atoms with E-state index in [1.54, 1.807) is 0 Å². The van der Waals surface area contributed by atoms with E-state index in [-0.39, 0.29) is 0 Å². The largest absolute Gasteiger partial charge is 0.307 e. The van der Waals surface area contributed by atoms with Gasteiger partial charge in [0.2, 0.25) is 0 Å². The summed E-state index contributed by atoms with van der Waals surface area (Å²) in [7, 11) is 0. The number of nitrogens with one attached hydrogen (secondary N) is 1. The van der Waals surface area contributed by atoms with Crippen molar-refractivity contribution in [3.05, 3.63) is 35.9 Å². The quantitative estimate of drug-likeness (QED) is 0.749. The maximum Gasteiger partial charge on any atom is 0.0322 e. The van der Waals surface area contributed by atoms with Crippen LogP contribution >= 0.6 is 0 Å². The zero-order valence-electron chi connectivity index (χ0n) is 8.87. The number of benzene rings is 1. The highest BCUT2D eigenvalue weighted by molar-refractivity contribution is 5.19. The molecule has 0 bridgehead atoms. The van der Waals surface area contributed by atoms with Gasteiger partial charge in [-0.2, -0.15) is 0 Å². The highest BCUT2D eigenvalue weighted by Gasteiger charge is 2.24. The molecule has 0 aromatic heterocycles. The van der Waals surface area contributed by atoms with E-state index < -0.39 is 0 Å². The molecule has 1 nitrogen and oxygen atoms in total. The third-order valence-corrected chi connectivity index (χ3v) is 2.79. The molecule has 1 aliphatic carbocycles. The smallest absolute Gasteiger partial charge is 0.0322 e. The van der Waals surface area contributed by atoms with Gasteiger partial charge in [0.15, 0.2) is 0 Å². The van der Waals surface area contributed by atoms with Gasteiger partial charge >= 0.3 is 0 Å². The lowest BCUT2D eigenvalue weighted by Gasteiger charge is -2.18. The van der Waals surface area contributed by atoms with Crippen LogP contribution in [0.5, 0.6) is 0 Å². The lowest BCUT2D eigenvalue weighted by molar-refractivity contribution is 0.491. The molecule has 1 aromatic rings. The standard InChI is InChI=1S/C13H19N/c1-2-6-13(14-12-9-10-12)11-7-4-3-5-8-11/h3-5,7-8,12-14H,2,6,9-10H2,1H3/t13-/m1/s1. The van der Waals surface area contributed by atoms with Crippen LogP contribution in [0.15, 0.2) is 30.3 Å². The second kappa shape index (κ2) is 4.61. The van der Waals surface area contributed by atoms with E-state index in [4.69, 9.17) is 0 Å². The highest BCUT2D eigenvalue weighted by Crippen LogP contribution is 2.26. The van der Waals surface area contributed by atoms with Crippen molar-refractivity contribution in [3.63, 3.8) is 0 Å². The van der Waals surface area contributed by atoms with E-state index in [9.17, 15) is 0 Å². The molecule has 0 aliphatic heterocycles. The van der Waals surface area contributed by atoms with Crippen molar-refractivity contribution in [2.75, 3.05) is 0 Å². The summed E-state index contributed by atoms with van der Waals surface area (Å²) in [5, 5.41) is 3.71. The van der Waals surface area contributed by atoms with Crippen LogP contribution in [0.1, 0.15) is 44.2 Å². The molecule has 1 fully saturated rings. The van der Waals surface area contributed by atoms with Crippen molar-refractivity contribution >= 4 is 0 Å². The molecular formula is C13H19N. The summed E-state index contributed by atoms with van der Waals surface area (Å²) in [6.07, 6.45) is 5.24. The molecule has 1 atom stereocenters. The van der Waals surface area contributed by atoms with Crippen molar-refractivity contribution in [1.29, 1.82) is 0 Å². The number of rotatable bonds is 5. The second-order valence-electron chi connectivity index (χ2n) is 4.19. The molecule has 0 saturated heterocycles. The van der Waals surface area contributed by atoms with Gasteiger partial charge < -0.3 is 5.32 Å². The predicted molar refractivity (Wildman–Crippen MR) is 60.2 cm³/mol. The summed E-state index contributed by atoms with van der Waals surface area (Å²) in [5.74, 6) is 0. The lowest BCUT2D eigenvalue weighted by atomic mass is 10.0. The summed E-state index contributed by atoms with van der Waals surface area (Å²) in [6.45, 7) is 2.25. The summed E-state index contributed by atoms with van der Waals surface area (Å²) in [4.78, 5) is 0. The van der Waals surface area contributed by atoms with Gasteiger partial charge in [0.05, 0.1) is 0 Å². The first kappa shape index (κ1) is 9.72. The van der Waals surface area contributed by atoms with Gasteiger partial charge in [0, 0.05) is 12.1 Å². The number of hydrogen-bond donors (Lipinski definition) is 1. The maximum atomic E-state index is 3.71. The minimum Gasteiger partial charge on any atom is -0.307 e. The summed E-state index contributed by atoms with van der Waals surface area (Å²) in [6, 6.07) is 12.2.